The summed E-state index contributed by atoms with van der Waals surface area (Å²) in [7, 11) is 0. The van der Waals surface area contributed by atoms with Crippen LogP contribution in [0, 0.1) is 5.92 Å². The second-order valence-electron chi connectivity index (χ2n) is 7.89. The van der Waals surface area contributed by atoms with Crippen molar-refractivity contribution in [2.45, 2.75) is 81.4 Å². The number of nitrogens with zero attached hydrogens (tertiary/aromatic N) is 3. The lowest BCUT2D eigenvalue weighted by Gasteiger charge is -2.29. The number of urea groups is 1. The van der Waals surface area contributed by atoms with Gasteiger partial charge in [0, 0.05) is 18.0 Å². The predicted molar refractivity (Wildman–Crippen MR) is 99.1 cm³/mol. The van der Waals surface area contributed by atoms with Gasteiger partial charge in [0.05, 0.1) is 5.75 Å². The molecule has 0 bridgehead atoms. The fraction of sp³-hybridized carbons (Fsp3) is 0.778. The van der Waals surface area contributed by atoms with Gasteiger partial charge in [0.15, 0.2) is 5.16 Å². The van der Waals surface area contributed by atoms with Gasteiger partial charge in [-0.2, -0.15) is 0 Å². The Morgan fingerprint density at radius 1 is 1.12 bits per heavy atom. The normalized spacial score (nSPS) is 25.7. The van der Waals surface area contributed by atoms with E-state index < -0.39 is 0 Å². The highest BCUT2D eigenvalue weighted by Crippen LogP contribution is 2.45. The number of imide groups is 1. The molecule has 3 aliphatic rings. The minimum Gasteiger partial charge on any atom is -0.335 e. The number of hydrogen-bond donors (Lipinski definition) is 2. The van der Waals surface area contributed by atoms with Crippen LogP contribution in [0.15, 0.2) is 5.16 Å². The third-order valence-electron chi connectivity index (χ3n) is 5.56. The zero-order valence-corrected chi connectivity index (χ0v) is 16.1. The van der Waals surface area contributed by atoms with Gasteiger partial charge >= 0.3 is 6.03 Å². The summed E-state index contributed by atoms with van der Waals surface area (Å²) in [5.41, 5.74) is 0. The van der Waals surface area contributed by atoms with Crippen LogP contribution in [0.2, 0.25) is 0 Å². The van der Waals surface area contributed by atoms with Crippen molar-refractivity contribution < 1.29 is 9.59 Å². The molecule has 0 unspecified atom stereocenters. The molecule has 7 nitrogen and oxygen atoms in total. The molecule has 0 spiro atoms. The third kappa shape index (κ3) is 4.22. The van der Waals surface area contributed by atoms with E-state index in [2.05, 4.69) is 32.3 Å². The van der Waals surface area contributed by atoms with Crippen molar-refractivity contribution in [3.8, 4) is 0 Å². The van der Waals surface area contributed by atoms with Crippen LogP contribution in [0.3, 0.4) is 0 Å². The van der Waals surface area contributed by atoms with Crippen LogP contribution in [0.1, 0.15) is 76.1 Å². The van der Waals surface area contributed by atoms with Crippen molar-refractivity contribution >= 4 is 23.7 Å². The maximum Gasteiger partial charge on any atom is 0.321 e. The van der Waals surface area contributed by atoms with Gasteiger partial charge in [0.25, 0.3) is 0 Å². The summed E-state index contributed by atoms with van der Waals surface area (Å²) >= 11 is 1.38. The SMILES string of the molecule is C[C@H]1CCCC[C@H]1NC(=O)NC(=O)CSc1nnc(C2CC2)n1C1CC1. The van der Waals surface area contributed by atoms with Gasteiger partial charge in [-0.3, -0.25) is 10.1 Å². The van der Waals surface area contributed by atoms with Gasteiger partial charge in [0.2, 0.25) is 5.91 Å². The fourth-order valence-corrected chi connectivity index (χ4v) is 4.52. The number of thioether (sulfide) groups is 1. The van der Waals surface area contributed by atoms with Crippen LogP contribution in [0.25, 0.3) is 0 Å². The molecule has 1 heterocycles. The average molecular weight is 378 g/mol. The summed E-state index contributed by atoms with van der Waals surface area (Å²) < 4.78 is 2.22. The van der Waals surface area contributed by atoms with Crippen LogP contribution < -0.4 is 10.6 Å². The van der Waals surface area contributed by atoms with Gasteiger partial charge in [-0.05, 0) is 44.4 Å². The first-order valence-electron chi connectivity index (χ1n) is 9.79. The maximum absolute atomic E-state index is 12.1. The number of carbonyl (C=O) groups excluding carboxylic acids is 2. The minimum atomic E-state index is -0.378. The van der Waals surface area contributed by atoms with Gasteiger partial charge in [0.1, 0.15) is 5.82 Å². The molecule has 0 saturated heterocycles. The number of hydrogen-bond acceptors (Lipinski definition) is 5. The molecule has 1 aromatic heterocycles. The number of amides is 3. The molecule has 0 aromatic carbocycles. The monoisotopic (exact) mass is 377 g/mol. The van der Waals surface area contributed by atoms with Gasteiger partial charge in [-0.25, -0.2) is 4.79 Å². The van der Waals surface area contributed by atoms with E-state index in [-0.39, 0.29) is 23.7 Å². The molecule has 1 aromatic rings. The first-order valence-corrected chi connectivity index (χ1v) is 10.8. The molecule has 26 heavy (non-hydrogen) atoms. The quantitative estimate of drug-likeness (QED) is 0.744. The molecule has 2 N–H and O–H groups in total. The van der Waals surface area contributed by atoms with Crippen molar-refractivity contribution in [1.82, 2.24) is 25.4 Å². The van der Waals surface area contributed by atoms with E-state index in [1.165, 1.54) is 43.9 Å². The Bertz CT molecular complexity index is 683. The smallest absolute Gasteiger partial charge is 0.321 e. The molecule has 4 rings (SSSR count). The number of carbonyl (C=O) groups is 2. The summed E-state index contributed by atoms with van der Waals surface area (Å²) in [5.74, 6) is 2.00. The van der Waals surface area contributed by atoms with E-state index in [4.69, 9.17) is 0 Å². The topological polar surface area (TPSA) is 88.9 Å². The highest BCUT2D eigenvalue weighted by atomic mass is 32.2. The second-order valence-corrected chi connectivity index (χ2v) is 8.84. The lowest BCUT2D eigenvalue weighted by molar-refractivity contribution is -0.117. The zero-order valence-electron chi connectivity index (χ0n) is 15.2. The summed E-state index contributed by atoms with van der Waals surface area (Å²) in [6.07, 6.45) is 9.20. The van der Waals surface area contributed by atoms with Crippen molar-refractivity contribution in [1.29, 1.82) is 0 Å². The largest absolute Gasteiger partial charge is 0.335 e. The Morgan fingerprint density at radius 2 is 1.88 bits per heavy atom. The van der Waals surface area contributed by atoms with E-state index >= 15 is 0 Å². The summed E-state index contributed by atoms with van der Waals surface area (Å²) in [6.45, 7) is 2.16. The van der Waals surface area contributed by atoms with Crippen molar-refractivity contribution in [2.24, 2.45) is 5.92 Å². The third-order valence-corrected chi connectivity index (χ3v) is 6.50. The van der Waals surface area contributed by atoms with E-state index in [9.17, 15) is 9.59 Å². The van der Waals surface area contributed by atoms with Crippen LogP contribution in [-0.4, -0.2) is 38.5 Å². The molecule has 142 valence electrons. The summed E-state index contributed by atoms with van der Waals surface area (Å²) in [6, 6.07) is 0.294. The van der Waals surface area contributed by atoms with Gasteiger partial charge in [-0.1, -0.05) is 31.5 Å². The Kier molecular flexibility index (Phi) is 5.20. The molecule has 3 amide bonds. The van der Waals surface area contributed by atoms with Crippen molar-refractivity contribution in [3.05, 3.63) is 5.82 Å². The molecular formula is C18H27N5O2S. The standard InChI is InChI=1S/C18H27N5O2S/c1-11-4-2-3-5-14(11)19-17(25)20-15(24)10-26-18-22-21-16(12-6-7-12)23(18)13-8-9-13/h11-14H,2-10H2,1H3,(H2,19,20,24,25)/t11-,14+/m0/s1. The first-order chi connectivity index (χ1) is 12.6. The molecule has 2 atom stereocenters. The Balaban J connectivity index is 1.27. The molecule has 8 heteroatoms. The fourth-order valence-electron chi connectivity index (χ4n) is 3.71. The Labute approximate surface area is 158 Å². The molecule has 0 aliphatic heterocycles. The van der Waals surface area contributed by atoms with Crippen LogP contribution >= 0.6 is 11.8 Å². The molecule has 3 saturated carbocycles. The highest BCUT2D eigenvalue weighted by molar-refractivity contribution is 7.99. The summed E-state index contributed by atoms with van der Waals surface area (Å²) in [5, 5.41) is 14.9. The first kappa shape index (κ1) is 17.8. The van der Waals surface area contributed by atoms with Crippen molar-refractivity contribution in [3.63, 3.8) is 0 Å². The molecular weight excluding hydrogens is 350 g/mol. The lowest BCUT2D eigenvalue weighted by atomic mass is 9.86. The number of aromatic nitrogens is 3. The van der Waals surface area contributed by atoms with Gasteiger partial charge in [-0.15, -0.1) is 10.2 Å². The Hall–Kier alpha value is -1.57. The van der Waals surface area contributed by atoms with E-state index in [1.54, 1.807) is 0 Å². The minimum absolute atomic E-state index is 0.170. The van der Waals surface area contributed by atoms with Gasteiger partial charge < -0.3 is 9.88 Å². The Morgan fingerprint density at radius 3 is 2.58 bits per heavy atom. The lowest BCUT2D eigenvalue weighted by Crippen LogP contribution is -2.48. The van der Waals surface area contributed by atoms with Crippen LogP contribution in [0.5, 0.6) is 0 Å². The van der Waals surface area contributed by atoms with Crippen LogP contribution in [-0.2, 0) is 4.79 Å². The van der Waals surface area contributed by atoms with E-state index in [1.807, 2.05) is 0 Å². The molecule has 3 aliphatic carbocycles. The molecule has 0 radical (unpaired) electrons. The van der Waals surface area contributed by atoms with Crippen LogP contribution in [0.4, 0.5) is 4.79 Å². The van der Waals surface area contributed by atoms with E-state index in [0.29, 0.717) is 17.9 Å². The highest BCUT2D eigenvalue weighted by Gasteiger charge is 2.36. The predicted octanol–water partition coefficient (Wildman–Crippen LogP) is 2.99. The molecule has 3 fully saturated rings. The van der Waals surface area contributed by atoms with E-state index in [0.717, 1.165) is 30.2 Å². The summed E-state index contributed by atoms with van der Waals surface area (Å²) in [4.78, 5) is 24.2. The maximum atomic E-state index is 12.1. The average Bonchev–Trinajstić information content (AvgIpc) is 3.54. The number of nitrogens with one attached hydrogen (secondary N) is 2. The second kappa shape index (κ2) is 7.58. The number of rotatable bonds is 6. The van der Waals surface area contributed by atoms with Crippen molar-refractivity contribution in [2.75, 3.05) is 5.75 Å². The zero-order chi connectivity index (χ0) is 18.1.